The Labute approximate surface area is 152 Å². The molecule has 2 rings (SSSR count). The molecule has 0 aliphatic carbocycles. The van der Waals surface area contributed by atoms with Gasteiger partial charge in [-0.2, -0.15) is 18.9 Å². The van der Waals surface area contributed by atoms with Crippen molar-refractivity contribution >= 4 is 26.0 Å². The van der Waals surface area contributed by atoms with E-state index in [4.69, 9.17) is 19.4 Å². The van der Waals surface area contributed by atoms with Gasteiger partial charge in [0.05, 0.1) is 28.3 Å². The molecule has 0 aromatic heterocycles. The third kappa shape index (κ3) is 4.08. The Bertz CT molecular complexity index is 1010. The third-order valence-corrected chi connectivity index (χ3v) is 4.78. The van der Waals surface area contributed by atoms with Gasteiger partial charge in [-0.05, 0) is 47.1 Å². The lowest BCUT2D eigenvalue weighted by Gasteiger charge is -2.14. The summed E-state index contributed by atoms with van der Waals surface area (Å²) in [6.45, 7) is 1.90. The molecule has 0 saturated heterocycles. The molecule has 0 aliphatic heterocycles. The molecule has 0 heterocycles. The van der Waals surface area contributed by atoms with Crippen LogP contribution in [0.4, 0.5) is 4.39 Å². The van der Waals surface area contributed by atoms with Crippen molar-refractivity contribution < 1.29 is 21.7 Å². The van der Waals surface area contributed by atoms with Crippen molar-refractivity contribution in [2.75, 3.05) is 6.61 Å². The van der Waals surface area contributed by atoms with Crippen LogP contribution in [0.3, 0.4) is 0 Å². The monoisotopic (exact) mass is 424 g/mol. The highest BCUT2D eigenvalue weighted by molar-refractivity contribution is 9.10. The van der Waals surface area contributed by atoms with Crippen LogP contribution < -0.4 is 8.92 Å². The zero-order valence-electron chi connectivity index (χ0n) is 12.8. The van der Waals surface area contributed by atoms with Gasteiger partial charge in [-0.25, -0.2) is 4.39 Å². The van der Waals surface area contributed by atoms with Gasteiger partial charge in [0.1, 0.15) is 16.8 Å². The van der Waals surface area contributed by atoms with Gasteiger partial charge in [0.15, 0.2) is 11.5 Å². The minimum atomic E-state index is -4.36. The summed E-state index contributed by atoms with van der Waals surface area (Å²) in [5.41, 5.74) is -0.178. The normalized spacial score (nSPS) is 10.6. The first-order chi connectivity index (χ1) is 11.8. The molecule has 0 aliphatic rings. The summed E-state index contributed by atoms with van der Waals surface area (Å²) < 4.78 is 48.9. The number of nitriles is 2. The predicted molar refractivity (Wildman–Crippen MR) is 89.0 cm³/mol. The number of rotatable bonds is 5. The molecule has 0 amide bonds. The van der Waals surface area contributed by atoms with Crippen LogP contribution in [-0.4, -0.2) is 15.0 Å². The quantitative estimate of drug-likeness (QED) is 0.680. The van der Waals surface area contributed by atoms with Gasteiger partial charge >= 0.3 is 10.1 Å². The molecule has 0 atom stereocenters. The van der Waals surface area contributed by atoms with Crippen molar-refractivity contribution in [1.82, 2.24) is 0 Å². The summed E-state index contributed by atoms with van der Waals surface area (Å²) in [5.74, 6) is -0.931. The van der Waals surface area contributed by atoms with Gasteiger partial charge in [-0.15, -0.1) is 0 Å². The maximum absolute atomic E-state index is 13.4. The van der Waals surface area contributed by atoms with Crippen molar-refractivity contribution in [1.29, 1.82) is 10.5 Å². The average molecular weight is 425 g/mol. The van der Waals surface area contributed by atoms with Gasteiger partial charge in [0, 0.05) is 6.07 Å². The minimum Gasteiger partial charge on any atom is -0.490 e. The SMILES string of the molecule is CCOc1cc(C#N)cc(Br)c1OS(=O)(=O)c1ccc(F)c(C#N)c1. The van der Waals surface area contributed by atoms with Crippen LogP contribution in [0.1, 0.15) is 18.1 Å². The summed E-state index contributed by atoms with van der Waals surface area (Å²) in [7, 11) is -4.36. The molecule has 0 fully saturated rings. The van der Waals surface area contributed by atoms with E-state index >= 15 is 0 Å². The molecule has 0 bridgehead atoms. The fourth-order valence-electron chi connectivity index (χ4n) is 1.88. The van der Waals surface area contributed by atoms with Crippen molar-refractivity contribution in [2.24, 2.45) is 0 Å². The Hall–Kier alpha value is -2.62. The summed E-state index contributed by atoms with van der Waals surface area (Å²) in [6, 6.07) is 8.93. The first kappa shape index (κ1) is 18.7. The largest absolute Gasteiger partial charge is 0.490 e. The Kier molecular flexibility index (Phi) is 5.62. The number of hydrogen-bond donors (Lipinski definition) is 0. The highest BCUT2D eigenvalue weighted by Crippen LogP contribution is 2.38. The van der Waals surface area contributed by atoms with E-state index in [0.717, 1.165) is 18.2 Å². The molecule has 0 spiro atoms. The number of benzene rings is 2. The summed E-state index contributed by atoms with van der Waals surface area (Å²) >= 11 is 3.14. The first-order valence-corrected chi connectivity index (χ1v) is 9.03. The second kappa shape index (κ2) is 7.51. The number of halogens is 2. The van der Waals surface area contributed by atoms with E-state index < -0.39 is 21.5 Å². The number of ether oxygens (including phenoxy) is 1. The van der Waals surface area contributed by atoms with Crippen LogP contribution in [0.15, 0.2) is 39.7 Å². The second-order valence-electron chi connectivity index (χ2n) is 4.62. The average Bonchev–Trinajstić information content (AvgIpc) is 2.58. The number of nitrogens with zero attached hydrogens (tertiary/aromatic N) is 2. The lowest BCUT2D eigenvalue weighted by molar-refractivity contribution is 0.327. The topological polar surface area (TPSA) is 100 Å². The van der Waals surface area contributed by atoms with Crippen LogP contribution >= 0.6 is 15.9 Å². The van der Waals surface area contributed by atoms with Crippen LogP contribution in [0, 0.1) is 28.5 Å². The van der Waals surface area contributed by atoms with Crippen LogP contribution in [0.2, 0.25) is 0 Å². The van der Waals surface area contributed by atoms with Crippen LogP contribution in [0.25, 0.3) is 0 Å². The van der Waals surface area contributed by atoms with E-state index in [1.807, 2.05) is 6.07 Å². The molecular weight excluding hydrogens is 415 g/mol. The van der Waals surface area contributed by atoms with Crippen LogP contribution in [0.5, 0.6) is 11.5 Å². The molecule has 2 aromatic rings. The molecule has 128 valence electrons. The lowest BCUT2D eigenvalue weighted by atomic mass is 10.2. The highest BCUT2D eigenvalue weighted by Gasteiger charge is 2.23. The zero-order chi connectivity index (χ0) is 18.6. The second-order valence-corrected chi connectivity index (χ2v) is 7.02. The fraction of sp³-hybridized carbons (Fsp3) is 0.125. The molecule has 0 saturated carbocycles. The zero-order valence-corrected chi connectivity index (χ0v) is 15.2. The standard InChI is InChI=1S/C16H10BrFN2O4S/c1-2-23-15-6-10(8-19)5-13(17)16(15)24-25(21,22)12-3-4-14(18)11(7-12)9-20/h3-7H,2H2,1H3. The Morgan fingerprint density at radius 3 is 2.52 bits per heavy atom. The summed E-state index contributed by atoms with van der Waals surface area (Å²) in [5, 5.41) is 17.8. The molecule has 6 nitrogen and oxygen atoms in total. The van der Waals surface area contributed by atoms with Gasteiger partial charge in [0.25, 0.3) is 0 Å². The molecule has 0 radical (unpaired) electrons. The Morgan fingerprint density at radius 2 is 1.92 bits per heavy atom. The molecule has 25 heavy (non-hydrogen) atoms. The van der Waals surface area contributed by atoms with E-state index in [0.29, 0.717) is 0 Å². The maximum atomic E-state index is 13.4. The lowest BCUT2D eigenvalue weighted by Crippen LogP contribution is -2.12. The maximum Gasteiger partial charge on any atom is 0.339 e. The molecule has 2 aromatic carbocycles. The number of hydrogen-bond acceptors (Lipinski definition) is 6. The van der Waals surface area contributed by atoms with Crippen molar-refractivity contribution in [3.63, 3.8) is 0 Å². The van der Waals surface area contributed by atoms with Crippen LogP contribution in [-0.2, 0) is 10.1 Å². The fourth-order valence-corrected chi connectivity index (χ4v) is 3.49. The highest BCUT2D eigenvalue weighted by atomic mass is 79.9. The Morgan fingerprint density at radius 1 is 1.20 bits per heavy atom. The van der Waals surface area contributed by atoms with Crippen molar-refractivity contribution in [3.8, 4) is 23.6 Å². The van der Waals surface area contributed by atoms with Gasteiger partial charge in [-0.1, -0.05) is 0 Å². The summed E-state index contributed by atoms with van der Waals surface area (Å²) in [6.07, 6.45) is 0. The smallest absolute Gasteiger partial charge is 0.339 e. The molecule has 0 N–H and O–H groups in total. The van der Waals surface area contributed by atoms with E-state index in [2.05, 4.69) is 15.9 Å². The third-order valence-electron chi connectivity index (χ3n) is 2.98. The molecule has 9 heteroatoms. The van der Waals surface area contributed by atoms with E-state index in [1.54, 1.807) is 13.0 Å². The molecular formula is C16H10BrFN2O4S. The van der Waals surface area contributed by atoms with Gasteiger partial charge < -0.3 is 8.92 Å². The van der Waals surface area contributed by atoms with Gasteiger partial charge in [-0.3, -0.25) is 0 Å². The van der Waals surface area contributed by atoms with E-state index in [9.17, 15) is 12.8 Å². The first-order valence-electron chi connectivity index (χ1n) is 6.83. The molecule has 0 unspecified atom stereocenters. The van der Waals surface area contributed by atoms with Gasteiger partial charge in [0.2, 0.25) is 0 Å². The van der Waals surface area contributed by atoms with E-state index in [-0.39, 0.29) is 33.0 Å². The van der Waals surface area contributed by atoms with E-state index in [1.165, 1.54) is 12.1 Å². The van der Waals surface area contributed by atoms with Crippen molar-refractivity contribution in [2.45, 2.75) is 11.8 Å². The minimum absolute atomic E-state index is 0.0552. The summed E-state index contributed by atoms with van der Waals surface area (Å²) in [4.78, 5) is -0.385. The predicted octanol–water partition coefficient (Wildman–Crippen LogP) is 3.50. The Balaban J connectivity index is 2.51. The van der Waals surface area contributed by atoms with Crippen molar-refractivity contribution in [3.05, 3.63) is 51.7 Å².